The Morgan fingerprint density at radius 1 is 0.643 bits per heavy atom. The van der Waals surface area contributed by atoms with Gasteiger partial charge in [0.2, 0.25) is 0 Å². The zero-order valence-electron chi connectivity index (χ0n) is 24.1. The Hall–Kier alpha value is -3.36. The third-order valence-electron chi connectivity index (χ3n) is 5.74. The first-order chi connectivity index (χ1) is 20.0. The van der Waals surface area contributed by atoms with Gasteiger partial charge in [-0.3, -0.25) is 0 Å². The van der Waals surface area contributed by atoms with Crippen LogP contribution in [0.1, 0.15) is 43.5 Å². The van der Waals surface area contributed by atoms with Crippen LogP contribution in [0.3, 0.4) is 0 Å². The minimum atomic E-state index is -1.59. The van der Waals surface area contributed by atoms with Gasteiger partial charge in [0, 0.05) is 23.4 Å². The van der Waals surface area contributed by atoms with E-state index in [4.69, 9.17) is 22.9 Å². The first-order valence-electron chi connectivity index (χ1n) is 12.8. The summed E-state index contributed by atoms with van der Waals surface area (Å²) < 4.78 is 32.5. The van der Waals surface area contributed by atoms with Crippen molar-refractivity contribution in [3.05, 3.63) is 140 Å². The quantitative estimate of drug-likeness (QED) is 0.109. The van der Waals surface area contributed by atoms with Crippen molar-refractivity contribution in [3.8, 4) is 17.2 Å². The van der Waals surface area contributed by atoms with Gasteiger partial charge in [-0.15, -0.1) is 0 Å². The monoisotopic (exact) mass is 625 g/mol. The van der Waals surface area contributed by atoms with E-state index in [2.05, 4.69) is 45.3 Å². The van der Waals surface area contributed by atoms with Crippen LogP contribution in [0.2, 0.25) is 0 Å². The van der Waals surface area contributed by atoms with E-state index in [9.17, 15) is 5.11 Å². The van der Waals surface area contributed by atoms with E-state index in [0.29, 0.717) is 23.3 Å². The van der Waals surface area contributed by atoms with Crippen molar-refractivity contribution in [2.24, 2.45) is 0 Å². The third-order valence-corrected chi connectivity index (χ3v) is 6.82. The van der Waals surface area contributed by atoms with Crippen molar-refractivity contribution in [1.82, 2.24) is 4.90 Å². The molecule has 0 spiro atoms. The fraction of sp³-hybridized carbons (Fsp3) is 0.212. The molecule has 0 aliphatic heterocycles. The van der Waals surface area contributed by atoms with Crippen molar-refractivity contribution in [1.29, 1.82) is 0 Å². The van der Waals surface area contributed by atoms with Gasteiger partial charge < -0.3 is 23.6 Å². The van der Waals surface area contributed by atoms with Crippen molar-refractivity contribution >= 4 is 8.60 Å². The van der Waals surface area contributed by atoms with Crippen LogP contribution >= 0.6 is 8.60 Å². The molecule has 9 heteroatoms. The minimum Gasteiger partial charge on any atom is -0.409 e. The molecule has 4 rings (SSSR count). The molecule has 7 nitrogen and oxygen atoms in total. The van der Waals surface area contributed by atoms with Crippen LogP contribution in [0.15, 0.2) is 115 Å². The van der Waals surface area contributed by atoms with Gasteiger partial charge in [-0.2, -0.15) is 0 Å². The summed E-state index contributed by atoms with van der Waals surface area (Å²) in [5.74, 6) is 2.13. The fourth-order valence-corrected chi connectivity index (χ4v) is 4.44. The van der Waals surface area contributed by atoms with E-state index in [1.807, 2.05) is 116 Å². The fourth-order valence-electron chi connectivity index (χ4n) is 3.45. The molecule has 4 aromatic carbocycles. The maximum Gasteiger partial charge on any atom is 0.530 e. The molecule has 0 radical (unpaired) electrons. The first kappa shape index (κ1) is 38.6. The Kier molecular flexibility index (Phi) is 21.4. The molecule has 220 valence electrons. The predicted molar refractivity (Wildman–Crippen MR) is 160 cm³/mol. The van der Waals surface area contributed by atoms with Crippen LogP contribution in [-0.4, -0.2) is 24.1 Å². The van der Waals surface area contributed by atoms with Crippen molar-refractivity contribution in [3.63, 3.8) is 0 Å². The average Bonchev–Trinajstić information content (AvgIpc) is 3.04. The molecule has 42 heavy (non-hydrogen) atoms. The van der Waals surface area contributed by atoms with Crippen molar-refractivity contribution in [2.45, 2.75) is 32.4 Å². The summed E-state index contributed by atoms with van der Waals surface area (Å²) in [5.41, 5.74) is 2.28. The summed E-state index contributed by atoms with van der Waals surface area (Å²) in [5, 5.41) is 9.92. The van der Waals surface area contributed by atoms with E-state index in [1.54, 1.807) is 0 Å². The smallest absolute Gasteiger partial charge is 0.409 e. The summed E-state index contributed by atoms with van der Waals surface area (Å²) in [6, 6.07) is 37.0. The third kappa shape index (κ3) is 14.0. The molecule has 1 N–H and O–H groups in total. The standard InChI is InChI=1S/C18H15O3P.C13H21NO.2CO.Cr/c1-4-10-16(11-5-1)19-22(20-17-12-6-2-7-13-17)21-18-14-8-3-9-15-18;1-5-13(15)12-9-7-6-8-11(12)10(2)14(3)4;2*1-2;/h1-15H;6-10,13,15H,5H2,1-4H3;;;/t;10-,13?;;;/m.1.../s1. The maximum absolute atomic E-state index is 9.92. The van der Waals surface area contributed by atoms with E-state index in [1.165, 1.54) is 5.56 Å². The van der Waals surface area contributed by atoms with Gasteiger partial charge in [-0.25, -0.2) is 0 Å². The van der Waals surface area contributed by atoms with Crippen molar-refractivity contribution in [2.75, 3.05) is 14.1 Å². The van der Waals surface area contributed by atoms with Crippen molar-refractivity contribution < 1.29 is 45.3 Å². The number of nitrogens with zero attached hydrogens (tertiary/aromatic N) is 1. The summed E-state index contributed by atoms with van der Waals surface area (Å²) in [6.45, 7) is 13.2. The first-order valence-corrected chi connectivity index (χ1v) is 13.9. The number of hydrogen-bond acceptors (Lipinski definition) is 5. The Morgan fingerprint density at radius 2 is 0.952 bits per heavy atom. The Bertz CT molecular complexity index is 1160. The van der Waals surface area contributed by atoms with Gasteiger partial charge in [0.1, 0.15) is 17.2 Å². The molecule has 2 atom stereocenters. The normalized spacial score (nSPS) is 10.9. The number of hydrogen-bond donors (Lipinski definition) is 1. The molecule has 0 saturated heterocycles. The van der Waals surface area contributed by atoms with Gasteiger partial charge in [0.05, 0.1) is 6.10 Å². The summed E-state index contributed by atoms with van der Waals surface area (Å²) in [6.07, 6.45) is 0.417. The number of aliphatic hydroxyl groups is 1. The minimum absolute atomic E-state index is 0. The number of aliphatic hydroxyl groups excluding tert-OH is 1. The molecular weight excluding hydrogens is 589 g/mol. The number of para-hydroxylation sites is 3. The zero-order chi connectivity index (χ0) is 30.5. The average molecular weight is 626 g/mol. The van der Waals surface area contributed by atoms with Gasteiger partial charge in [0.15, 0.2) is 0 Å². The van der Waals surface area contributed by atoms with Crippen LogP contribution < -0.4 is 13.6 Å². The molecule has 0 fully saturated rings. The summed E-state index contributed by atoms with van der Waals surface area (Å²) in [4.78, 5) is 2.15. The van der Waals surface area contributed by atoms with Crippen LogP contribution in [-0.2, 0) is 26.7 Å². The molecule has 0 aliphatic carbocycles. The van der Waals surface area contributed by atoms with E-state index in [-0.39, 0.29) is 23.5 Å². The van der Waals surface area contributed by atoms with Gasteiger partial charge in [-0.1, -0.05) is 85.8 Å². The van der Waals surface area contributed by atoms with Gasteiger partial charge >= 0.3 is 31.2 Å². The Balaban J connectivity index is 0.000000740. The SMILES string of the molecule is CCC(O)c1ccccc1[C@@H](C)N(C)C.[C-]#[O+].[C-]#[O+].[Cr].c1ccc(OP(Oc2ccccc2)Oc2ccccc2)cc1. The predicted octanol–water partition coefficient (Wildman–Crippen LogP) is 8.13. The van der Waals surface area contributed by atoms with Gasteiger partial charge in [0.25, 0.3) is 0 Å². The van der Waals surface area contributed by atoms with Gasteiger partial charge in [-0.05, 0) is 75.0 Å². The number of benzene rings is 4. The molecule has 0 aliphatic rings. The molecule has 1 unspecified atom stereocenters. The molecule has 4 aromatic rings. The second-order valence-electron chi connectivity index (χ2n) is 8.63. The number of rotatable bonds is 10. The summed E-state index contributed by atoms with van der Waals surface area (Å²) in [7, 11) is 2.52. The molecule has 0 amide bonds. The maximum atomic E-state index is 9.92. The molecule has 0 heterocycles. The summed E-state index contributed by atoms with van der Waals surface area (Å²) >= 11 is 0. The van der Waals surface area contributed by atoms with Crippen LogP contribution in [0, 0.1) is 13.3 Å². The molecule has 0 aromatic heterocycles. The Labute approximate surface area is 261 Å². The van der Waals surface area contributed by atoms with E-state index in [0.717, 1.165) is 12.0 Å². The molecule has 0 saturated carbocycles. The second-order valence-corrected chi connectivity index (χ2v) is 9.62. The van der Waals surface area contributed by atoms with E-state index >= 15 is 0 Å². The van der Waals surface area contributed by atoms with E-state index < -0.39 is 8.60 Å². The van der Waals surface area contributed by atoms with Crippen LogP contribution in [0.5, 0.6) is 17.2 Å². The van der Waals surface area contributed by atoms with Crippen LogP contribution in [0.25, 0.3) is 0 Å². The largest absolute Gasteiger partial charge is 0.530 e. The topological polar surface area (TPSA) is 91.0 Å². The molecule has 0 bridgehead atoms. The van der Waals surface area contributed by atoms with Crippen LogP contribution in [0.4, 0.5) is 0 Å². The zero-order valence-corrected chi connectivity index (χ0v) is 26.3. The Morgan fingerprint density at radius 3 is 1.26 bits per heavy atom. The molecular formula is C33H36CrNO6P. The second kappa shape index (κ2) is 23.2.